The fourth-order valence-electron chi connectivity index (χ4n) is 6.61. The van der Waals surface area contributed by atoms with Crippen LogP contribution in [0.15, 0.2) is 91.0 Å². The zero-order valence-electron chi connectivity index (χ0n) is 21.5. The molecule has 3 aliphatic rings. The summed E-state index contributed by atoms with van der Waals surface area (Å²) >= 11 is 0. The van der Waals surface area contributed by atoms with Crippen LogP contribution in [0.4, 0.5) is 11.4 Å². The van der Waals surface area contributed by atoms with E-state index in [-0.39, 0.29) is 11.8 Å². The van der Waals surface area contributed by atoms with Crippen LogP contribution in [0, 0.1) is 0 Å². The lowest BCUT2D eigenvalue weighted by Gasteiger charge is -2.49. The highest BCUT2D eigenvalue weighted by Gasteiger charge is 2.55. The summed E-state index contributed by atoms with van der Waals surface area (Å²) < 4.78 is 0. The molecule has 3 N–H and O–H groups in total. The maximum Gasteiger partial charge on any atom is 0.239 e. The molecule has 0 atom stereocenters. The van der Waals surface area contributed by atoms with Crippen LogP contribution < -0.4 is 16.0 Å². The predicted molar refractivity (Wildman–Crippen MR) is 151 cm³/mol. The summed E-state index contributed by atoms with van der Waals surface area (Å²) in [6, 6.07) is 31.6. The minimum atomic E-state index is -0.868. The number of hydrogen-bond donors (Lipinski definition) is 2. The van der Waals surface area contributed by atoms with E-state index in [9.17, 15) is 4.79 Å². The van der Waals surface area contributed by atoms with Crippen molar-refractivity contribution in [3.05, 3.63) is 130 Å². The van der Waals surface area contributed by atoms with Gasteiger partial charge < -0.3 is 16.0 Å². The molecule has 0 fully saturated rings. The highest BCUT2D eigenvalue weighted by molar-refractivity contribution is 6.00. The molecule has 7 rings (SSSR count). The molecule has 4 aromatic carbocycles. The summed E-state index contributed by atoms with van der Waals surface area (Å²) in [5, 5.41) is 3.34. The standard InChI is InChI=1S/C33H33N3O/c1-3-36(4-2)23-17-18-30(34)22(21-23)19-20-35-32(37)33-27-14-8-5-11-24(27)31(25-12-6-9-15-28(25)33)26-13-7-10-16-29(26)33/h5-18,21,31H,3-4,19-20,34H2,1-2H3,(H,35,37). The number of nitrogens with zero attached hydrogens (tertiary/aromatic N) is 1. The summed E-state index contributed by atoms with van der Waals surface area (Å²) in [7, 11) is 0. The molecule has 0 saturated carbocycles. The quantitative estimate of drug-likeness (QED) is 0.333. The molecule has 0 unspecified atom stereocenters. The third kappa shape index (κ3) is 3.39. The lowest BCUT2D eigenvalue weighted by Crippen LogP contribution is -2.53. The van der Waals surface area contributed by atoms with Crippen LogP contribution in [0.2, 0.25) is 0 Å². The SMILES string of the molecule is CCN(CC)c1ccc(N)c(CCNC(=O)C23c4ccccc4C(c4ccccc42)c2ccccc23)c1. The van der Waals surface area contributed by atoms with Gasteiger partial charge in [-0.15, -0.1) is 0 Å². The van der Waals surface area contributed by atoms with Gasteiger partial charge in [0.2, 0.25) is 5.91 Å². The second-order valence-corrected chi connectivity index (χ2v) is 10.0. The van der Waals surface area contributed by atoms with E-state index in [1.54, 1.807) is 0 Å². The average Bonchev–Trinajstić information content (AvgIpc) is 2.94. The number of nitrogens with one attached hydrogen (secondary N) is 1. The first kappa shape index (κ1) is 23.4. The van der Waals surface area contributed by atoms with Gasteiger partial charge in [-0.3, -0.25) is 4.79 Å². The summed E-state index contributed by atoms with van der Waals surface area (Å²) in [6.45, 7) is 6.72. The largest absolute Gasteiger partial charge is 0.399 e. The lowest BCUT2D eigenvalue weighted by molar-refractivity contribution is -0.124. The van der Waals surface area contributed by atoms with Crippen LogP contribution in [0.3, 0.4) is 0 Å². The highest BCUT2D eigenvalue weighted by Crippen LogP contribution is 2.58. The van der Waals surface area contributed by atoms with Crippen molar-refractivity contribution < 1.29 is 4.79 Å². The van der Waals surface area contributed by atoms with Crippen LogP contribution >= 0.6 is 0 Å². The number of rotatable bonds is 7. The molecule has 0 aromatic heterocycles. The average molecular weight is 488 g/mol. The Morgan fingerprint density at radius 3 is 1.84 bits per heavy atom. The molecule has 0 heterocycles. The van der Waals surface area contributed by atoms with E-state index in [2.05, 4.69) is 109 Å². The molecule has 0 saturated heterocycles. The second kappa shape index (κ2) is 9.11. The van der Waals surface area contributed by atoms with Gasteiger partial charge in [0, 0.05) is 36.9 Å². The van der Waals surface area contributed by atoms with Gasteiger partial charge in [0.15, 0.2) is 0 Å². The van der Waals surface area contributed by atoms with E-state index in [0.717, 1.165) is 41.0 Å². The van der Waals surface area contributed by atoms with Crippen molar-refractivity contribution in [1.29, 1.82) is 0 Å². The number of nitrogens with two attached hydrogens (primary N) is 1. The van der Waals surface area contributed by atoms with Crippen molar-refractivity contribution in [2.24, 2.45) is 0 Å². The minimum absolute atomic E-state index is 0.0245. The second-order valence-electron chi connectivity index (χ2n) is 10.0. The van der Waals surface area contributed by atoms with Crippen LogP contribution in [0.5, 0.6) is 0 Å². The molecule has 0 spiro atoms. The Hall–Kier alpha value is -4.05. The van der Waals surface area contributed by atoms with Gasteiger partial charge in [-0.05, 0) is 77.4 Å². The molecule has 37 heavy (non-hydrogen) atoms. The van der Waals surface area contributed by atoms with Crippen molar-refractivity contribution in [3.8, 4) is 0 Å². The molecule has 1 amide bonds. The lowest BCUT2D eigenvalue weighted by atomic mass is 9.52. The van der Waals surface area contributed by atoms with Crippen LogP contribution in [-0.4, -0.2) is 25.5 Å². The number of carbonyl (C=O) groups excluding carboxylic acids is 1. The van der Waals surface area contributed by atoms with Gasteiger partial charge in [0.1, 0.15) is 5.41 Å². The van der Waals surface area contributed by atoms with E-state index in [1.165, 1.54) is 22.4 Å². The Bertz CT molecular complexity index is 1370. The van der Waals surface area contributed by atoms with Gasteiger partial charge in [-0.2, -0.15) is 0 Å². The molecule has 3 aliphatic carbocycles. The van der Waals surface area contributed by atoms with Crippen molar-refractivity contribution in [1.82, 2.24) is 5.32 Å². The van der Waals surface area contributed by atoms with E-state index in [4.69, 9.17) is 5.73 Å². The highest BCUT2D eigenvalue weighted by atomic mass is 16.2. The fraction of sp³-hybridized carbons (Fsp3) is 0.242. The number of hydrogen-bond acceptors (Lipinski definition) is 3. The fourth-order valence-corrected chi connectivity index (χ4v) is 6.61. The molecular formula is C33H33N3O. The zero-order chi connectivity index (χ0) is 25.6. The summed E-state index contributed by atoms with van der Waals surface area (Å²) in [5.41, 5.74) is 15.5. The van der Waals surface area contributed by atoms with Crippen molar-refractivity contribution in [3.63, 3.8) is 0 Å². The normalized spacial score (nSPS) is 18.5. The Balaban J connectivity index is 1.38. The molecule has 186 valence electrons. The van der Waals surface area contributed by atoms with E-state index in [1.807, 2.05) is 6.07 Å². The van der Waals surface area contributed by atoms with Crippen molar-refractivity contribution in [2.75, 3.05) is 30.3 Å². The van der Waals surface area contributed by atoms with Gasteiger partial charge in [-0.1, -0.05) is 72.8 Å². The maximum atomic E-state index is 14.5. The Labute approximate surface area is 219 Å². The van der Waals surface area contributed by atoms with E-state index >= 15 is 0 Å². The topological polar surface area (TPSA) is 58.4 Å². The third-order valence-corrected chi connectivity index (χ3v) is 8.30. The first-order valence-electron chi connectivity index (χ1n) is 13.3. The predicted octanol–water partition coefficient (Wildman–Crippen LogP) is 5.62. The maximum absolute atomic E-state index is 14.5. The Morgan fingerprint density at radius 2 is 1.32 bits per heavy atom. The van der Waals surface area contributed by atoms with Crippen LogP contribution in [-0.2, 0) is 16.6 Å². The zero-order valence-corrected chi connectivity index (χ0v) is 21.5. The number of carbonyl (C=O) groups is 1. The molecule has 4 aromatic rings. The summed E-state index contributed by atoms with van der Waals surface area (Å²) in [6.07, 6.45) is 0.677. The molecular weight excluding hydrogens is 454 g/mol. The van der Waals surface area contributed by atoms with E-state index < -0.39 is 5.41 Å². The minimum Gasteiger partial charge on any atom is -0.399 e. The van der Waals surface area contributed by atoms with Crippen LogP contribution in [0.25, 0.3) is 0 Å². The molecule has 2 bridgehead atoms. The summed E-state index contributed by atoms with van der Waals surface area (Å²) in [4.78, 5) is 16.8. The number of anilines is 2. The van der Waals surface area contributed by atoms with Crippen molar-refractivity contribution >= 4 is 17.3 Å². The van der Waals surface area contributed by atoms with Crippen molar-refractivity contribution in [2.45, 2.75) is 31.6 Å². The van der Waals surface area contributed by atoms with Crippen LogP contribution in [0.1, 0.15) is 58.7 Å². The number of nitrogen functional groups attached to an aromatic ring is 1. The van der Waals surface area contributed by atoms with Gasteiger partial charge in [0.05, 0.1) is 0 Å². The summed E-state index contributed by atoms with van der Waals surface area (Å²) in [5.74, 6) is 0.178. The molecule has 0 radical (unpaired) electrons. The first-order valence-corrected chi connectivity index (χ1v) is 13.3. The monoisotopic (exact) mass is 487 g/mol. The van der Waals surface area contributed by atoms with Gasteiger partial charge in [-0.25, -0.2) is 0 Å². The molecule has 4 heteroatoms. The first-order chi connectivity index (χ1) is 18.1. The number of amides is 1. The smallest absolute Gasteiger partial charge is 0.239 e. The Morgan fingerprint density at radius 1 is 0.811 bits per heavy atom. The van der Waals surface area contributed by atoms with E-state index in [0.29, 0.717) is 13.0 Å². The number of benzene rings is 4. The van der Waals surface area contributed by atoms with Gasteiger partial charge in [0.25, 0.3) is 0 Å². The molecule has 0 aliphatic heterocycles. The van der Waals surface area contributed by atoms with Gasteiger partial charge >= 0.3 is 0 Å². The Kier molecular flexibility index (Phi) is 5.75. The molecule has 4 nitrogen and oxygen atoms in total. The third-order valence-electron chi connectivity index (χ3n) is 8.30.